The molecule has 1 aliphatic rings. The minimum atomic E-state index is 0.794. The van der Waals surface area contributed by atoms with Gasteiger partial charge in [0.25, 0.3) is 0 Å². The van der Waals surface area contributed by atoms with Gasteiger partial charge in [0.2, 0.25) is 0 Å². The average Bonchev–Trinajstić information content (AvgIpc) is 2.48. The molecule has 1 saturated carbocycles. The standard InChI is InChI=1S/C17H24N2S/c1-3-20-17-11-7-10-16(15(17)12-18)19(2)13-14-8-5-4-6-9-14/h7,10-11,14H,3-6,8-9,13H2,1-2H3. The summed E-state index contributed by atoms with van der Waals surface area (Å²) in [7, 11) is 2.13. The molecular weight excluding hydrogens is 264 g/mol. The van der Waals surface area contributed by atoms with E-state index >= 15 is 0 Å². The fraction of sp³-hybridized carbons (Fsp3) is 0.588. The largest absolute Gasteiger partial charge is 0.373 e. The minimum Gasteiger partial charge on any atom is -0.373 e. The van der Waals surface area contributed by atoms with Gasteiger partial charge in [0, 0.05) is 18.5 Å². The number of nitriles is 1. The molecule has 20 heavy (non-hydrogen) atoms. The number of hydrogen-bond donors (Lipinski definition) is 0. The third-order valence-corrected chi connectivity index (χ3v) is 5.02. The Morgan fingerprint density at radius 1 is 1.30 bits per heavy atom. The van der Waals surface area contributed by atoms with Crippen molar-refractivity contribution in [1.29, 1.82) is 5.26 Å². The van der Waals surface area contributed by atoms with Crippen LogP contribution in [0.3, 0.4) is 0 Å². The van der Waals surface area contributed by atoms with Gasteiger partial charge in [-0.15, -0.1) is 11.8 Å². The molecule has 1 aromatic carbocycles. The van der Waals surface area contributed by atoms with Gasteiger partial charge in [-0.05, 0) is 36.6 Å². The Bertz CT molecular complexity index is 472. The quantitative estimate of drug-likeness (QED) is 0.736. The van der Waals surface area contributed by atoms with Crippen molar-refractivity contribution >= 4 is 17.4 Å². The molecule has 0 atom stereocenters. The highest BCUT2D eigenvalue weighted by Gasteiger charge is 2.18. The van der Waals surface area contributed by atoms with E-state index in [4.69, 9.17) is 0 Å². The number of rotatable bonds is 5. The maximum absolute atomic E-state index is 9.49. The molecule has 0 aromatic heterocycles. The van der Waals surface area contributed by atoms with Crippen molar-refractivity contribution in [3.63, 3.8) is 0 Å². The number of thioether (sulfide) groups is 1. The van der Waals surface area contributed by atoms with Crippen LogP contribution in [0, 0.1) is 17.2 Å². The smallest absolute Gasteiger partial charge is 0.103 e. The van der Waals surface area contributed by atoms with Gasteiger partial charge in [-0.1, -0.05) is 32.3 Å². The predicted octanol–water partition coefficient (Wildman–Crippen LogP) is 4.69. The van der Waals surface area contributed by atoms with Crippen molar-refractivity contribution in [3.8, 4) is 6.07 Å². The van der Waals surface area contributed by atoms with Crippen molar-refractivity contribution in [2.24, 2.45) is 5.92 Å². The van der Waals surface area contributed by atoms with E-state index in [-0.39, 0.29) is 0 Å². The lowest BCUT2D eigenvalue weighted by Crippen LogP contribution is -2.27. The summed E-state index contributed by atoms with van der Waals surface area (Å²) in [6.45, 7) is 3.21. The second kappa shape index (κ2) is 7.59. The molecule has 0 amide bonds. The summed E-state index contributed by atoms with van der Waals surface area (Å²) in [4.78, 5) is 3.40. The fourth-order valence-corrected chi connectivity index (χ4v) is 3.86. The van der Waals surface area contributed by atoms with E-state index in [1.165, 1.54) is 32.1 Å². The molecule has 1 aromatic rings. The molecular formula is C17H24N2S. The molecule has 0 unspecified atom stereocenters. The van der Waals surface area contributed by atoms with E-state index in [1.54, 1.807) is 11.8 Å². The normalized spacial score (nSPS) is 15.8. The minimum absolute atomic E-state index is 0.794. The van der Waals surface area contributed by atoms with Crippen LogP contribution < -0.4 is 4.90 Å². The highest BCUT2D eigenvalue weighted by molar-refractivity contribution is 7.99. The van der Waals surface area contributed by atoms with Gasteiger partial charge in [-0.2, -0.15) is 5.26 Å². The monoisotopic (exact) mass is 288 g/mol. The van der Waals surface area contributed by atoms with E-state index in [0.29, 0.717) is 0 Å². The molecule has 2 nitrogen and oxygen atoms in total. The highest BCUT2D eigenvalue weighted by atomic mass is 32.2. The van der Waals surface area contributed by atoms with Crippen LogP contribution in [-0.2, 0) is 0 Å². The molecule has 0 bridgehead atoms. The Hall–Kier alpha value is -1.14. The van der Waals surface area contributed by atoms with Gasteiger partial charge in [-0.3, -0.25) is 0 Å². The summed E-state index contributed by atoms with van der Waals surface area (Å²) >= 11 is 1.75. The number of anilines is 1. The van der Waals surface area contributed by atoms with E-state index in [0.717, 1.165) is 34.4 Å². The topological polar surface area (TPSA) is 27.0 Å². The Morgan fingerprint density at radius 2 is 2.05 bits per heavy atom. The molecule has 0 saturated heterocycles. The number of nitrogens with zero attached hydrogens (tertiary/aromatic N) is 2. The summed E-state index contributed by atoms with van der Waals surface area (Å²) in [5.41, 5.74) is 1.94. The van der Waals surface area contributed by atoms with Crippen molar-refractivity contribution in [2.75, 3.05) is 24.2 Å². The molecule has 2 rings (SSSR count). The highest BCUT2D eigenvalue weighted by Crippen LogP contribution is 2.31. The molecule has 3 heteroatoms. The lowest BCUT2D eigenvalue weighted by atomic mass is 9.89. The lowest BCUT2D eigenvalue weighted by Gasteiger charge is -2.29. The zero-order valence-electron chi connectivity index (χ0n) is 12.6. The molecule has 108 valence electrons. The van der Waals surface area contributed by atoms with Crippen LogP contribution in [0.2, 0.25) is 0 Å². The van der Waals surface area contributed by atoms with Gasteiger partial charge in [-0.25, -0.2) is 0 Å². The fourth-order valence-electron chi connectivity index (χ4n) is 3.08. The molecule has 0 N–H and O–H groups in total. The summed E-state index contributed by atoms with van der Waals surface area (Å²) in [5, 5.41) is 9.49. The van der Waals surface area contributed by atoms with Crippen molar-refractivity contribution < 1.29 is 0 Å². The van der Waals surface area contributed by atoms with Gasteiger partial charge < -0.3 is 4.90 Å². The number of hydrogen-bond acceptors (Lipinski definition) is 3. The van der Waals surface area contributed by atoms with Crippen LogP contribution in [0.5, 0.6) is 0 Å². The molecule has 0 aliphatic heterocycles. The predicted molar refractivity (Wildman–Crippen MR) is 87.4 cm³/mol. The summed E-state index contributed by atoms with van der Waals surface area (Å²) < 4.78 is 0. The molecule has 0 heterocycles. The third kappa shape index (κ3) is 3.70. The molecule has 1 aliphatic carbocycles. The molecule has 1 fully saturated rings. The summed E-state index contributed by atoms with van der Waals surface area (Å²) in [6.07, 6.45) is 6.82. The summed E-state index contributed by atoms with van der Waals surface area (Å²) in [6, 6.07) is 8.62. The third-order valence-electron chi connectivity index (χ3n) is 4.08. The van der Waals surface area contributed by atoms with Crippen LogP contribution >= 0.6 is 11.8 Å². The first-order chi connectivity index (χ1) is 9.76. The van der Waals surface area contributed by atoms with Crippen molar-refractivity contribution in [2.45, 2.75) is 43.9 Å². The molecule has 0 spiro atoms. The Balaban J connectivity index is 2.14. The zero-order chi connectivity index (χ0) is 14.4. The van der Waals surface area contributed by atoms with E-state index < -0.39 is 0 Å². The van der Waals surface area contributed by atoms with Crippen molar-refractivity contribution in [1.82, 2.24) is 0 Å². The van der Waals surface area contributed by atoms with E-state index in [9.17, 15) is 5.26 Å². The maximum Gasteiger partial charge on any atom is 0.103 e. The lowest BCUT2D eigenvalue weighted by molar-refractivity contribution is 0.362. The second-order valence-corrected chi connectivity index (χ2v) is 6.89. The summed E-state index contributed by atoms with van der Waals surface area (Å²) in [5.74, 6) is 1.80. The van der Waals surface area contributed by atoms with Gasteiger partial charge in [0.1, 0.15) is 6.07 Å². The van der Waals surface area contributed by atoms with Gasteiger partial charge >= 0.3 is 0 Å². The first kappa shape index (κ1) is 15.3. The first-order valence-corrected chi connectivity index (χ1v) is 8.61. The Labute approximate surface area is 127 Å². The molecule has 0 radical (unpaired) electrons. The van der Waals surface area contributed by atoms with Crippen LogP contribution in [0.4, 0.5) is 5.69 Å². The second-order valence-electron chi connectivity index (χ2n) is 5.58. The zero-order valence-corrected chi connectivity index (χ0v) is 13.4. The van der Waals surface area contributed by atoms with Gasteiger partial charge in [0.05, 0.1) is 11.3 Å². The van der Waals surface area contributed by atoms with E-state index in [1.807, 2.05) is 0 Å². The maximum atomic E-state index is 9.49. The SMILES string of the molecule is CCSc1cccc(N(C)CC2CCCCC2)c1C#N. The average molecular weight is 288 g/mol. The Kier molecular flexibility index (Phi) is 5.79. The van der Waals surface area contributed by atoms with Crippen LogP contribution in [0.15, 0.2) is 23.1 Å². The van der Waals surface area contributed by atoms with Crippen molar-refractivity contribution in [3.05, 3.63) is 23.8 Å². The first-order valence-electron chi connectivity index (χ1n) is 7.63. The number of benzene rings is 1. The van der Waals surface area contributed by atoms with Gasteiger partial charge in [0.15, 0.2) is 0 Å². The Morgan fingerprint density at radius 3 is 2.70 bits per heavy atom. The van der Waals surface area contributed by atoms with E-state index in [2.05, 4.69) is 43.1 Å². The van der Waals surface area contributed by atoms with Crippen LogP contribution in [-0.4, -0.2) is 19.3 Å². The van der Waals surface area contributed by atoms with Crippen LogP contribution in [0.1, 0.15) is 44.6 Å². The van der Waals surface area contributed by atoms with Crippen LogP contribution in [0.25, 0.3) is 0 Å².